The Morgan fingerprint density at radius 3 is 2.79 bits per heavy atom. The van der Waals surface area contributed by atoms with E-state index in [1.165, 1.54) is 11.0 Å². The summed E-state index contributed by atoms with van der Waals surface area (Å²) in [5.74, 6) is 0.449. The van der Waals surface area contributed by atoms with Gasteiger partial charge in [-0.15, -0.1) is 0 Å². The van der Waals surface area contributed by atoms with Crippen molar-refractivity contribution in [2.24, 2.45) is 0 Å². The van der Waals surface area contributed by atoms with Crippen LogP contribution in [0.25, 0.3) is 22.3 Å². The first-order valence-electron chi connectivity index (χ1n) is 10.7. The second-order valence-electron chi connectivity index (χ2n) is 7.61. The first-order chi connectivity index (χ1) is 16.5. The average Bonchev–Trinajstić information content (AvgIpc) is 3.26. The highest BCUT2D eigenvalue weighted by molar-refractivity contribution is 9.10. The summed E-state index contributed by atoms with van der Waals surface area (Å²) in [6.07, 6.45) is 0. The summed E-state index contributed by atoms with van der Waals surface area (Å²) in [5.41, 5.74) is 1.92. The zero-order chi connectivity index (χ0) is 23.7. The lowest BCUT2D eigenvalue weighted by molar-refractivity contribution is 0.0527. The second-order valence-corrected chi connectivity index (χ2v) is 9.77. The Hall–Kier alpha value is -3.23. The van der Waals surface area contributed by atoms with Crippen LogP contribution in [0.3, 0.4) is 0 Å². The maximum absolute atomic E-state index is 12.9. The number of rotatable bonds is 6. The molecule has 4 aromatic rings. The molecule has 0 saturated heterocycles. The van der Waals surface area contributed by atoms with Crippen LogP contribution in [-0.4, -0.2) is 24.6 Å². The Labute approximate surface area is 208 Å². The number of ether oxygens (including phenoxy) is 2. The van der Waals surface area contributed by atoms with Gasteiger partial charge in [-0.2, -0.15) is 0 Å². The molecule has 0 radical (unpaired) electrons. The number of esters is 1. The summed E-state index contributed by atoms with van der Waals surface area (Å²) in [6, 6.07) is 20.2. The van der Waals surface area contributed by atoms with Crippen LogP contribution in [-0.2, 0) is 4.74 Å². The first kappa shape index (κ1) is 22.6. The van der Waals surface area contributed by atoms with Gasteiger partial charge in [0, 0.05) is 26.7 Å². The number of hydrogen-bond donors (Lipinski definition) is 1. The van der Waals surface area contributed by atoms with Gasteiger partial charge in [0.2, 0.25) is 0 Å². The molecule has 1 atom stereocenters. The van der Waals surface area contributed by atoms with Crippen LogP contribution < -0.4 is 15.5 Å². The van der Waals surface area contributed by atoms with Gasteiger partial charge in [-0.1, -0.05) is 52.0 Å². The number of hydrogen-bond acceptors (Lipinski definition) is 7. The Morgan fingerprint density at radius 1 is 1.12 bits per heavy atom. The van der Waals surface area contributed by atoms with Crippen molar-refractivity contribution in [1.82, 2.24) is 0 Å². The maximum Gasteiger partial charge on any atom is 0.341 e. The van der Waals surface area contributed by atoms with Gasteiger partial charge >= 0.3 is 5.97 Å². The van der Waals surface area contributed by atoms with Gasteiger partial charge in [-0.3, -0.25) is 4.79 Å². The van der Waals surface area contributed by atoms with Crippen LogP contribution in [0.15, 0.2) is 85.3 Å². The van der Waals surface area contributed by atoms with Gasteiger partial charge in [-0.05, 0) is 43.3 Å². The number of thioether (sulfide) groups is 1. The van der Waals surface area contributed by atoms with E-state index in [-0.39, 0.29) is 28.6 Å². The molecule has 1 unspecified atom stereocenters. The van der Waals surface area contributed by atoms with E-state index in [4.69, 9.17) is 13.9 Å². The quantitative estimate of drug-likeness (QED) is 0.288. The number of para-hydroxylation sites is 1. The molecule has 0 bridgehead atoms. The summed E-state index contributed by atoms with van der Waals surface area (Å²) >= 11 is 5.08. The largest absolute Gasteiger partial charge is 0.491 e. The van der Waals surface area contributed by atoms with Gasteiger partial charge in [0.15, 0.2) is 11.0 Å². The lowest BCUT2D eigenvalue weighted by Gasteiger charge is -2.13. The molecule has 0 spiro atoms. The summed E-state index contributed by atoms with van der Waals surface area (Å²) < 4.78 is 17.8. The summed E-state index contributed by atoms with van der Waals surface area (Å²) in [4.78, 5) is 26.6. The van der Waals surface area contributed by atoms with E-state index in [9.17, 15) is 9.59 Å². The molecule has 0 amide bonds. The number of fused-ring (bicyclic) bond motifs is 2. The molecule has 5 rings (SSSR count). The smallest absolute Gasteiger partial charge is 0.341 e. The number of halogens is 1. The lowest BCUT2D eigenvalue weighted by Crippen LogP contribution is -2.19. The molecule has 1 N–H and O–H groups in total. The van der Waals surface area contributed by atoms with Gasteiger partial charge in [-0.25, -0.2) is 4.79 Å². The zero-order valence-electron chi connectivity index (χ0n) is 18.2. The Kier molecular flexibility index (Phi) is 6.34. The van der Waals surface area contributed by atoms with Crippen molar-refractivity contribution in [2.45, 2.75) is 17.2 Å². The van der Waals surface area contributed by atoms with Crippen LogP contribution >= 0.6 is 27.7 Å². The topological polar surface area (TPSA) is 77.8 Å². The number of benzene rings is 3. The number of anilines is 1. The first-order valence-corrected chi connectivity index (χ1v) is 12.4. The molecule has 34 heavy (non-hydrogen) atoms. The summed E-state index contributed by atoms with van der Waals surface area (Å²) in [7, 11) is 0. The molecule has 172 valence electrons. The summed E-state index contributed by atoms with van der Waals surface area (Å²) in [5, 5.41) is 3.85. The molecule has 1 aliphatic heterocycles. The summed E-state index contributed by atoms with van der Waals surface area (Å²) in [6.45, 7) is 2.41. The standard InChI is InChI=1S/C26H20BrNO5S/c1-2-31-26(30)19-12-16(27)11-18-21(29)13-22(33-25(18)19)15-6-5-7-17(10-15)32-14-24-28-20-8-3-4-9-23(20)34-24/h3-13,24,28H,2,14H2,1H3. The third kappa shape index (κ3) is 4.56. The minimum atomic E-state index is -0.547. The molecule has 2 heterocycles. The highest BCUT2D eigenvalue weighted by Crippen LogP contribution is 2.38. The molecule has 1 aliphatic rings. The minimum absolute atomic E-state index is 0.102. The molecular formula is C26H20BrNO5S. The molecule has 0 aliphatic carbocycles. The Bertz CT molecular complexity index is 1430. The third-order valence-electron chi connectivity index (χ3n) is 5.28. The fraction of sp³-hybridized carbons (Fsp3) is 0.154. The molecule has 1 aromatic heterocycles. The Balaban J connectivity index is 1.42. The third-order valence-corrected chi connectivity index (χ3v) is 6.89. The van der Waals surface area contributed by atoms with E-state index in [2.05, 4.69) is 27.3 Å². The predicted molar refractivity (Wildman–Crippen MR) is 137 cm³/mol. The van der Waals surface area contributed by atoms with E-state index >= 15 is 0 Å². The monoisotopic (exact) mass is 537 g/mol. The second kappa shape index (κ2) is 9.56. The number of carbonyl (C=O) groups excluding carboxylic acids is 1. The van der Waals surface area contributed by atoms with Crippen LogP contribution in [0, 0.1) is 0 Å². The molecule has 0 fully saturated rings. The SMILES string of the molecule is CCOC(=O)c1cc(Br)cc2c(=O)cc(-c3cccc(OCC4Nc5ccccc5S4)c3)oc12. The van der Waals surface area contributed by atoms with E-state index in [1.54, 1.807) is 30.8 Å². The lowest BCUT2D eigenvalue weighted by atomic mass is 10.1. The average molecular weight is 538 g/mol. The maximum atomic E-state index is 12.9. The van der Waals surface area contributed by atoms with Crippen molar-refractivity contribution in [2.75, 3.05) is 18.5 Å². The van der Waals surface area contributed by atoms with E-state index < -0.39 is 5.97 Å². The van der Waals surface area contributed by atoms with Crippen molar-refractivity contribution in [1.29, 1.82) is 0 Å². The molecule has 0 saturated carbocycles. The van der Waals surface area contributed by atoms with Crippen molar-refractivity contribution in [3.8, 4) is 17.1 Å². The molecule has 6 nitrogen and oxygen atoms in total. The number of nitrogens with one attached hydrogen (secondary N) is 1. The number of carbonyl (C=O) groups is 1. The normalized spacial score (nSPS) is 14.5. The van der Waals surface area contributed by atoms with Crippen molar-refractivity contribution >= 4 is 50.3 Å². The van der Waals surface area contributed by atoms with Crippen molar-refractivity contribution < 1.29 is 18.7 Å². The molecule has 8 heteroatoms. The van der Waals surface area contributed by atoms with Crippen molar-refractivity contribution in [3.63, 3.8) is 0 Å². The highest BCUT2D eigenvalue weighted by Gasteiger charge is 2.22. The van der Waals surface area contributed by atoms with Gasteiger partial charge in [0.1, 0.15) is 29.1 Å². The minimum Gasteiger partial charge on any atom is -0.491 e. The zero-order valence-corrected chi connectivity index (χ0v) is 20.6. The van der Waals surface area contributed by atoms with Gasteiger partial charge in [0.25, 0.3) is 0 Å². The van der Waals surface area contributed by atoms with Crippen LogP contribution in [0.2, 0.25) is 0 Å². The highest BCUT2D eigenvalue weighted by atomic mass is 79.9. The van der Waals surface area contributed by atoms with Gasteiger partial charge in [0.05, 0.1) is 12.0 Å². The predicted octanol–water partition coefficient (Wildman–Crippen LogP) is 6.32. The molecular weight excluding hydrogens is 518 g/mol. The van der Waals surface area contributed by atoms with Crippen LogP contribution in [0.4, 0.5) is 5.69 Å². The van der Waals surface area contributed by atoms with Crippen LogP contribution in [0.5, 0.6) is 5.75 Å². The van der Waals surface area contributed by atoms with Gasteiger partial charge < -0.3 is 19.2 Å². The molecule has 3 aromatic carbocycles. The van der Waals surface area contributed by atoms with E-state index in [0.29, 0.717) is 33.5 Å². The van der Waals surface area contributed by atoms with E-state index in [1.807, 2.05) is 42.5 Å². The Morgan fingerprint density at radius 2 is 1.97 bits per heavy atom. The fourth-order valence-electron chi connectivity index (χ4n) is 3.76. The fourth-order valence-corrected chi connectivity index (χ4v) is 5.25. The van der Waals surface area contributed by atoms with E-state index in [0.717, 1.165) is 5.69 Å². The van der Waals surface area contributed by atoms with Crippen LogP contribution in [0.1, 0.15) is 17.3 Å². The van der Waals surface area contributed by atoms with Crippen molar-refractivity contribution in [3.05, 3.63) is 87.0 Å².